The minimum atomic E-state index is -0.372. The van der Waals surface area contributed by atoms with E-state index in [1.165, 1.54) is 18.2 Å². The van der Waals surface area contributed by atoms with E-state index < -0.39 is 0 Å². The third kappa shape index (κ3) is 3.36. The Morgan fingerprint density at radius 3 is 2.93 bits per heavy atom. The fraction of sp³-hybridized carbons (Fsp3) is 0.333. The summed E-state index contributed by atoms with van der Waals surface area (Å²) in [6, 6.07) is 4.12. The molecule has 2 nitrogen and oxygen atoms in total. The van der Waals surface area contributed by atoms with Crippen LogP contribution in [-0.2, 0) is 6.61 Å². The van der Waals surface area contributed by atoms with Crippen LogP contribution in [0.3, 0.4) is 0 Å². The van der Waals surface area contributed by atoms with Gasteiger partial charge >= 0.3 is 0 Å². The van der Waals surface area contributed by atoms with E-state index in [-0.39, 0.29) is 18.5 Å². The Morgan fingerprint density at radius 2 is 2.33 bits per heavy atom. The summed E-state index contributed by atoms with van der Waals surface area (Å²) in [5.41, 5.74) is 0.464. The van der Waals surface area contributed by atoms with Gasteiger partial charge in [0.25, 0.3) is 0 Å². The highest BCUT2D eigenvalue weighted by Gasteiger charge is 2.07. The Morgan fingerprint density at radius 1 is 1.60 bits per heavy atom. The van der Waals surface area contributed by atoms with Crippen LogP contribution in [0.4, 0.5) is 4.39 Å². The predicted octanol–water partition coefficient (Wildman–Crippen LogP) is 2.66. The number of rotatable bonds is 5. The first-order valence-corrected chi connectivity index (χ1v) is 4.84. The quantitative estimate of drug-likeness (QED) is 0.757. The first-order valence-electron chi connectivity index (χ1n) is 4.84. The Labute approximate surface area is 89.0 Å². The molecule has 3 heteroatoms. The van der Waals surface area contributed by atoms with E-state index in [2.05, 4.69) is 6.58 Å². The molecule has 0 aliphatic rings. The second-order valence-corrected chi connectivity index (χ2v) is 3.36. The molecule has 1 aromatic carbocycles. The second-order valence-electron chi connectivity index (χ2n) is 3.36. The molecule has 0 spiro atoms. The van der Waals surface area contributed by atoms with Crippen LogP contribution in [0.1, 0.15) is 18.9 Å². The summed E-state index contributed by atoms with van der Waals surface area (Å²) in [4.78, 5) is 0. The van der Waals surface area contributed by atoms with Crippen LogP contribution in [0.25, 0.3) is 0 Å². The highest BCUT2D eigenvalue weighted by atomic mass is 19.1. The average Bonchev–Trinajstić information content (AvgIpc) is 2.21. The van der Waals surface area contributed by atoms with Gasteiger partial charge in [0.15, 0.2) is 0 Å². The van der Waals surface area contributed by atoms with Crippen LogP contribution in [0.15, 0.2) is 30.9 Å². The zero-order chi connectivity index (χ0) is 11.3. The van der Waals surface area contributed by atoms with Gasteiger partial charge in [-0.15, -0.1) is 6.58 Å². The summed E-state index contributed by atoms with van der Waals surface area (Å²) in [6.45, 7) is 5.28. The van der Waals surface area contributed by atoms with Crippen molar-refractivity contribution in [2.75, 3.05) is 0 Å². The Balaban J connectivity index is 2.79. The second kappa shape index (κ2) is 5.51. The van der Waals surface area contributed by atoms with E-state index in [1.54, 1.807) is 6.08 Å². The Bertz CT molecular complexity index is 336. The molecule has 0 amide bonds. The SMILES string of the molecule is C=CC[C@H](C)Oc1ccc(F)cc1CO. The van der Waals surface area contributed by atoms with Gasteiger partial charge in [-0.05, 0) is 25.1 Å². The lowest BCUT2D eigenvalue weighted by Gasteiger charge is -2.15. The van der Waals surface area contributed by atoms with Crippen molar-refractivity contribution in [3.63, 3.8) is 0 Å². The van der Waals surface area contributed by atoms with Crippen molar-refractivity contribution >= 4 is 0 Å². The van der Waals surface area contributed by atoms with E-state index in [0.717, 1.165) is 0 Å². The number of benzene rings is 1. The average molecular weight is 210 g/mol. The number of hydrogen-bond acceptors (Lipinski definition) is 2. The molecule has 0 aliphatic carbocycles. The summed E-state index contributed by atoms with van der Waals surface area (Å²) >= 11 is 0. The summed E-state index contributed by atoms with van der Waals surface area (Å²) in [5.74, 6) is 0.149. The summed E-state index contributed by atoms with van der Waals surface area (Å²) in [5, 5.41) is 9.02. The molecule has 15 heavy (non-hydrogen) atoms. The standard InChI is InChI=1S/C12H15FO2/c1-3-4-9(2)15-12-6-5-11(13)7-10(12)8-14/h3,5-7,9,14H,1,4,8H2,2H3/t9-/m0/s1. The number of aliphatic hydroxyl groups is 1. The van der Waals surface area contributed by atoms with Crippen molar-refractivity contribution in [2.45, 2.75) is 26.1 Å². The molecule has 0 heterocycles. The molecule has 0 fully saturated rings. The monoisotopic (exact) mass is 210 g/mol. The maximum absolute atomic E-state index is 12.8. The molecule has 82 valence electrons. The fourth-order valence-electron chi connectivity index (χ4n) is 1.29. The van der Waals surface area contributed by atoms with Gasteiger partial charge in [-0.2, -0.15) is 0 Å². The lowest BCUT2D eigenvalue weighted by atomic mass is 10.2. The highest BCUT2D eigenvalue weighted by Crippen LogP contribution is 2.21. The molecule has 1 atom stereocenters. The minimum Gasteiger partial charge on any atom is -0.490 e. The molecule has 1 N–H and O–H groups in total. The van der Waals surface area contributed by atoms with Crippen molar-refractivity contribution in [3.05, 3.63) is 42.2 Å². The summed E-state index contributed by atoms with van der Waals surface area (Å²) < 4.78 is 18.4. The topological polar surface area (TPSA) is 29.5 Å². The molecule has 0 radical (unpaired) electrons. The van der Waals surface area contributed by atoms with Gasteiger partial charge in [-0.3, -0.25) is 0 Å². The van der Waals surface area contributed by atoms with E-state index in [1.807, 2.05) is 6.92 Å². The molecular formula is C12H15FO2. The van der Waals surface area contributed by atoms with Crippen LogP contribution >= 0.6 is 0 Å². The molecule has 0 unspecified atom stereocenters. The van der Waals surface area contributed by atoms with Gasteiger partial charge in [-0.25, -0.2) is 4.39 Å². The third-order valence-electron chi connectivity index (χ3n) is 2.02. The van der Waals surface area contributed by atoms with Crippen molar-refractivity contribution in [2.24, 2.45) is 0 Å². The summed E-state index contributed by atoms with van der Waals surface area (Å²) in [6.07, 6.45) is 2.44. The van der Waals surface area contributed by atoms with Crippen molar-refractivity contribution in [3.8, 4) is 5.75 Å². The summed E-state index contributed by atoms with van der Waals surface area (Å²) in [7, 11) is 0. The first kappa shape index (κ1) is 11.7. The van der Waals surface area contributed by atoms with Crippen LogP contribution in [0.2, 0.25) is 0 Å². The number of aliphatic hydroxyl groups excluding tert-OH is 1. The Hall–Kier alpha value is -1.35. The molecule has 0 saturated carbocycles. The van der Waals surface area contributed by atoms with Crippen molar-refractivity contribution in [1.29, 1.82) is 0 Å². The van der Waals surface area contributed by atoms with E-state index >= 15 is 0 Å². The largest absolute Gasteiger partial charge is 0.490 e. The third-order valence-corrected chi connectivity index (χ3v) is 2.02. The number of ether oxygens (including phenoxy) is 1. The lowest BCUT2D eigenvalue weighted by molar-refractivity contribution is 0.212. The van der Waals surface area contributed by atoms with Gasteiger partial charge in [0.05, 0.1) is 12.7 Å². The molecular weight excluding hydrogens is 195 g/mol. The molecule has 0 saturated heterocycles. The highest BCUT2D eigenvalue weighted by molar-refractivity contribution is 5.33. The van der Waals surface area contributed by atoms with Gasteiger partial charge in [0.2, 0.25) is 0 Å². The van der Waals surface area contributed by atoms with Crippen LogP contribution < -0.4 is 4.74 Å². The number of halogens is 1. The maximum atomic E-state index is 12.8. The molecule has 0 bridgehead atoms. The first-order chi connectivity index (χ1) is 7.17. The number of hydrogen-bond donors (Lipinski definition) is 1. The van der Waals surface area contributed by atoms with E-state index in [9.17, 15) is 4.39 Å². The minimum absolute atomic E-state index is 0.0294. The van der Waals surface area contributed by atoms with Crippen LogP contribution in [0, 0.1) is 5.82 Å². The van der Waals surface area contributed by atoms with E-state index in [4.69, 9.17) is 9.84 Å². The zero-order valence-corrected chi connectivity index (χ0v) is 8.74. The predicted molar refractivity (Wildman–Crippen MR) is 57.2 cm³/mol. The lowest BCUT2D eigenvalue weighted by Crippen LogP contribution is -2.11. The fourth-order valence-corrected chi connectivity index (χ4v) is 1.29. The molecule has 1 rings (SSSR count). The molecule has 0 aliphatic heterocycles. The van der Waals surface area contributed by atoms with Gasteiger partial charge in [-0.1, -0.05) is 6.08 Å². The van der Waals surface area contributed by atoms with Crippen molar-refractivity contribution in [1.82, 2.24) is 0 Å². The normalized spacial score (nSPS) is 12.2. The van der Waals surface area contributed by atoms with Crippen LogP contribution in [0.5, 0.6) is 5.75 Å². The van der Waals surface area contributed by atoms with Crippen LogP contribution in [-0.4, -0.2) is 11.2 Å². The van der Waals surface area contributed by atoms with E-state index in [0.29, 0.717) is 17.7 Å². The Kier molecular flexibility index (Phi) is 4.31. The zero-order valence-electron chi connectivity index (χ0n) is 8.74. The van der Waals surface area contributed by atoms with Gasteiger partial charge in [0, 0.05) is 12.0 Å². The maximum Gasteiger partial charge on any atom is 0.125 e. The van der Waals surface area contributed by atoms with Gasteiger partial charge < -0.3 is 9.84 Å². The molecule has 1 aromatic rings. The van der Waals surface area contributed by atoms with Gasteiger partial charge in [0.1, 0.15) is 11.6 Å². The molecule has 0 aromatic heterocycles. The van der Waals surface area contributed by atoms with Crippen molar-refractivity contribution < 1.29 is 14.2 Å². The smallest absolute Gasteiger partial charge is 0.125 e.